The summed E-state index contributed by atoms with van der Waals surface area (Å²) >= 11 is 5.82. The Labute approximate surface area is 138 Å². The number of nitrogens with one attached hydrogen (secondary N) is 1. The molecule has 0 saturated carbocycles. The van der Waals surface area contributed by atoms with Gasteiger partial charge in [0.2, 0.25) is 10.0 Å². The summed E-state index contributed by atoms with van der Waals surface area (Å²) in [5.41, 5.74) is -0.227. The summed E-state index contributed by atoms with van der Waals surface area (Å²) in [6.07, 6.45) is 1.32. The number of carbonyl (C=O) groups is 1. The normalized spacial score (nSPS) is 12.8. The molecule has 0 saturated heterocycles. The van der Waals surface area contributed by atoms with Gasteiger partial charge >= 0.3 is 5.97 Å². The van der Waals surface area contributed by atoms with Crippen molar-refractivity contribution in [1.29, 1.82) is 0 Å². The smallest absolute Gasteiger partial charge is 0.321 e. The van der Waals surface area contributed by atoms with E-state index >= 15 is 0 Å². The predicted molar refractivity (Wildman–Crippen MR) is 84.1 cm³/mol. The number of rotatable bonds is 8. The van der Waals surface area contributed by atoms with Gasteiger partial charge in [-0.25, -0.2) is 8.42 Å². The molecule has 0 radical (unpaired) electrons. The number of hydrogen-bond donors (Lipinski definition) is 2. The molecule has 0 bridgehead atoms. The first-order valence-electron chi connectivity index (χ1n) is 6.79. The minimum Gasteiger partial charge on any atom is -0.480 e. The molecule has 2 N–H and O–H groups in total. The first-order chi connectivity index (χ1) is 10.6. The number of carboxylic acid groups (broad SMARTS) is 1. The van der Waals surface area contributed by atoms with E-state index in [4.69, 9.17) is 16.7 Å². The lowest BCUT2D eigenvalue weighted by Crippen LogP contribution is -2.40. The van der Waals surface area contributed by atoms with E-state index in [1.54, 1.807) is 0 Å². The Hall–Kier alpha value is -1.71. The van der Waals surface area contributed by atoms with E-state index in [0.717, 1.165) is 12.1 Å². The second-order valence-electron chi connectivity index (χ2n) is 5.01. The van der Waals surface area contributed by atoms with Gasteiger partial charge in [0, 0.05) is 6.07 Å². The molecular formula is C13H17ClN2O6S. The molecule has 8 nitrogen and oxygen atoms in total. The Balaban J connectivity index is 3.27. The third kappa shape index (κ3) is 4.88. The summed E-state index contributed by atoms with van der Waals surface area (Å²) in [5.74, 6) is -1.32. The number of benzene rings is 1. The number of nitro groups is 1. The summed E-state index contributed by atoms with van der Waals surface area (Å²) in [6, 6.07) is 0.986. The SMILES string of the molecule is CCCC[C@H](NS(=O)(=O)c1cc(C)cc([N+](=O)[O-])c1Cl)C(=O)O. The van der Waals surface area contributed by atoms with Crippen LogP contribution in [-0.4, -0.2) is 30.5 Å². The summed E-state index contributed by atoms with van der Waals surface area (Å²) < 4.78 is 26.8. The number of nitrogens with zero attached hydrogens (tertiary/aromatic N) is 1. The number of nitro benzene ring substituents is 1. The highest BCUT2D eigenvalue weighted by molar-refractivity contribution is 7.89. The van der Waals surface area contributed by atoms with Crippen LogP contribution >= 0.6 is 11.6 Å². The molecule has 1 aromatic carbocycles. The van der Waals surface area contributed by atoms with Gasteiger partial charge in [0.1, 0.15) is 16.0 Å². The monoisotopic (exact) mass is 364 g/mol. The highest BCUT2D eigenvalue weighted by Crippen LogP contribution is 2.32. The molecule has 0 aromatic heterocycles. The van der Waals surface area contributed by atoms with Crippen molar-refractivity contribution >= 4 is 33.3 Å². The molecule has 0 unspecified atom stereocenters. The molecule has 0 aliphatic rings. The standard InChI is InChI=1S/C13H17ClN2O6S/c1-3-4-5-9(13(17)18)15-23(21,22)11-7-8(2)6-10(12(11)14)16(19)20/h6-7,9,15H,3-5H2,1-2H3,(H,17,18)/t9-/m0/s1. The molecule has 10 heteroatoms. The zero-order valence-corrected chi connectivity index (χ0v) is 14.1. The van der Waals surface area contributed by atoms with E-state index in [-0.39, 0.29) is 6.42 Å². The fourth-order valence-corrected chi connectivity index (χ4v) is 3.82. The topological polar surface area (TPSA) is 127 Å². The van der Waals surface area contributed by atoms with Gasteiger partial charge in [0.05, 0.1) is 4.92 Å². The van der Waals surface area contributed by atoms with E-state index in [1.165, 1.54) is 6.92 Å². The lowest BCUT2D eigenvalue weighted by molar-refractivity contribution is -0.385. The Morgan fingerprint density at radius 3 is 2.57 bits per heavy atom. The van der Waals surface area contributed by atoms with Crippen LogP contribution in [0.5, 0.6) is 0 Å². The Morgan fingerprint density at radius 1 is 1.48 bits per heavy atom. The largest absolute Gasteiger partial charge is 0.480 e. The van der Waals surface area contributed by atoms with Crippen LogP contribution < -0.4 is 4.72 Å². The number of unbranched alkanes of at least 4 members (excludes halogenated alkanes) is 1. The number of aliphatic carboxylic acids is 1. The van der Waals surface area contributed by atoms with Gasteiger partial charge in [0.25, 0.3) is 5.69 Å². The second kappa shape index (κ2) is 7.71. The van der Waals surface area contributed by atoms with Crippen molar-refractivity contribution in [2.45, 2.75) is 44.0 Å². The maximum atomic E-state index is 12.4. The summed E-state index contributed by atoms with van der Waals surface area (Å²) in [7, 11) is -4.31. The molecule has 128 valence electrons. The Morgan fingerprint density at radius 2 is 2.09 bits per heavy atom. The third-order valence-electron chi connectivity index (χ3n) is 3.09. The zero-order chi connectivity index (χ0) is 17.8. The van der Waals surface area contributed by atoms with Gasteiger partial charge in [-0.2, -0.15) is 4.72 Å². The van der Waals surface area contributed by atoms with Crippen molar-refractivity contribution in [1.82, 2.24) is 4.72 Å². The predicted octanol–water partition coefficient (Wildman–Crippen LogP) is 2.48. The van der Waals surface area contributed by atoms with Crippen LogP contribution in [0.1, 0.15) is 31.7 Å². The van der Waals surface area contributed by atoms with E-state index in [9.17, 15) is 23.3 Å². The van der Waals surface area contributed by atoms with Crippen LogP contribution in [0.3, 0.4) is 0 Å². The molecule has 0 amide bonds. The van der Waals surface area contributed by atoms with Crippen LogP contribution in [0.25, 0.3) is 0 Å². The van der Waals surface area contributed by atoms with Crippen molar-refractivity contribution in [2.75, 3.05) is 0 Å². The van der Waals surface area contributed by atoms with Crippen LogP contribution in [0.4, 0.5) is 5.69 Å². The zero-order valence-electron chi connectivity index (χ0n) is 12.6. The number of sulfonamides is 1. The van der Waals surface area contributed by atoms with Gasteiger partial charge in [-0.3, -0.25) is 14.9 Å². The van der Waals surface area contributed by atoms with Crippen LogP contribution in [0.15, 0.2) is 17.0 Å². The average Bonchev–Trinajstić information content (AvgIpc) is 2.44. The lowest BCUT2D eigenvalue weighted by Gasteiger charge is -2.15. The van der Waals surface area contributed by atoms with E-state index in [1.807, 2.05) is 11.6 Å². The van der Waals surface area contributed by atoms with Crippen LogP contribution in [-0.2, 0) is 14.8 Å². The molecular weight excluding hydrogens is 348 g/mol. The molecule has 0 fully saturated rings. The summed E-state index contributed by atoms with van der Waals surface area (Å²) in [5, 5.41) is 19.5. The molecule has 0 heterocycles. The van der Waals surface area contributed by atoms with Crippen molar-refractivity contribution in [2.24, 2.45) is 0 Å². The van der Waals surface area contributed by atoms with Crippen molar-refractivity contribution < 1.29 is 23.2 Å². The molecule has 0 aliphatic heterocycles. The minimum atomic E-state index is -4.31. The Kier molecular flexibility index (Phi) is 6.48. The molecule has 1 aromatic rings. The quantitative estimate of drug-likeness (QED) is 0.539. The van der Waals surface area contributed by atoms with E-state index in [2.05, 4.69) is 0 Å². The lowest BCUT2D eigenvalue weighted by atomic mass is 10.1. The fourth-order valence-electron chi connectivity index (χ4n) is 1.94. The van der Waals surface area contributed by atoms with Gasteiger partial charge < -0.3 is 5.11 Å². The number of hydrogen-bond acceptors (Lipinski definition) is 5. The number of halogens is 1. The third-order valence-corrected chi connectivity index (χ3v) is 5.10. The second-order valence-corrected chi connectivity index (χ2v) is 7.07. The van der Waals surface area contributed by atoms with Gasteiger partial charge in [-0.1, -0.05) is 31.4 Å². The Bertz CT molecular complexity index is 719. The first kappa shape index (κ1) is 19.3. The van der Waals surface area contributed by atoms with Gasteiger partial charge in [-0.15, -0.1) is 0 Å². The molecule has 0 aliphatic carbocycles. The van der Waals surface area contributed by atoms with Gasteiger partial charge in [-0.05, 0) is 25.0 Å². The van der Waals surface area contributed by atoms with Crippen molar-refractivity contribution in [3.05, 3.63) is 32.8 Å². The first-order valence-corrected chi connectivity index (χ1v) is 8.66. The molecule has 1 rings (SSSR count). The molecule has 0 spiro atoms. The highest BCUT2D eigenvalue weighted by Gasteiger charge is 2.30. The maximum absolute atomic E-state index is 12.4. The van der Waals surface area contributed by atoms with Crippen LogP contribution in [0, 0.1) is 17.0 Å². The summed E-state index contributed by atoms with van der Waals surface area (Å²) in [4.78, 5) is 20.8. The van der Waals surface area contributed by atoms with Crippen molar-refractivity contribution in [3.8, 4) is 0 Å². The average molecular weight is 365 g/mol. The fraction of sp³-hybridized carbons (Fsp3) is 0.462. The van der Waals surface area contributed by atoms with Crippen molar-refractivity contribution in [3.63, 3.8) is 0 Å². The highest BCUT2D eigenvalue weighted by atomic mass is 35.5. The van der Waals surface area contributed by atoms with E-state index < -0.39 is 42.6 Å². The van der Waals surface area contributed by atoms with E-state index in [0.29, 0.717) is 18.4 Å². The number of aryl methyl sites for hydroxylation is 1. The van der Waals surface area contributed by atoms with Gasteiger partial charge in [0.15, 0.2) is 0 Å². The maximum Gasteiger partial charge on any atom is 0.321 e. The summed E-state index contributed by atoms with van der Waals surface area (Å²) in [6.45, 7) is 3.32. The molecule has 1 atom stereocenters. The van der Waals surface area contributed by atoms with Crippen LogP contribution in [0.2, 0.25) is 5.02 Å². The molecule has 23 heavy (non-hydrogen) atoms. The number of carboxylic acids is 1. The minimum absolute atomic E-state index is 0.108.